The van der Waals surface area contributed by atoms with Crippen molar-refractivity contribution in [1.82, 2.24) is 20.2 Å². The largest absolute Gasteiger partial charge is 0.381 e. The molecule has 3 amide bonds. The Balaban J connectivity index is 1.42. The van der Waals surface area contributed by atoms with Crippen molar-refractivity contribution in [3.8, 4) is 11.4 Å². The maximum Gasteiger partial charge on any atom is 0.319 e. The lowest BCUT2D eigenvalue weighted by Gasteiger charge is -2.39. The zero-order valence-electron chi connectivity index (χ0n) is 21.8. The van der Waals surface area contributed by atoms with Gasteiger partial charge in [-0.25, -0.2) is 14.8 Å². The van der Waals surface area contributed by atoms with Crippen molar-refractivity contribution in [1.29, 1.82) is 0 Å². The number of aromatic nitrogens is 2. The van der Waals surface area contributed by atoms with E-state index in [9.17, 15) is 14.7 Å². The fourth-order valence-corrected chi connectivity index (χ4v) is 4.97. The number of rotatable bonds is 5. The molecular formula is C27H36N6O4. The van der Waals surface area contributed by atoms with Crippen molar-refractivity contribution in [2.45, 2.75) is 70.7 Å². The number of carbonyl (C=O) groups excluding carboxylic acids is 2. The third-order valence-electron chi connectivity index (χ3n) is 7.33. The highest BCUT2D eigenvalue weighted by atomic mass is 16.5. The molecule has 0 spiro atoms. The number of benzene rings is 1. The Kier molecular flexibility index (Phi) is 7.04. The second-order valence-corrected chi connectivity index (χ2v) is 10.8. The Bertz CT molecular complexity index is 1160. The van der Waals surface area contributed by atoms with E-state index in [0.717, 1.165) is 35.5 Å². The fraction of sp³-hybridized carbons (Fsp3) is 0.556. The van der Waals surface area contributed by atoms with E-state index in [0.29, 0.717) is 50.8 Å². The Morgan fingerprint density at radius 1 is 1.14 bits per heavy atom. The second-order valence-electron chi connectivity index (χ2n) is 10.8. The lowest BCUT2D eigenvalue weighted by atomic mass is 9.93. The van der Waals surface area contributed by atoms with E-state index in [-0.39, 0.29) is 24.0 Å². The summed E-state index contributed by atoms with van der Waals surface area (Å²) in [4.78, 5) is 38.8. The molecule has 1 unspecified atom stereocenters. The molecule has 3 aliphatic rings. The van der Waals surface area contributed by atoms with Gasteiger partial charge in [0.15, 0.2) is 5.82 Å². The van der Waals surface area contributed by atoms with Gasteiger partial charge >= 0.3 is 6.03 Å². The maximum atomic E-state index is 12.8. The fourth-order valence-electron chi connectivity index (χ4n) is 4.97. The predicted molar refractivity (Wildman–Crippen MR) is 140 cm³/mol. The van der Waals surface area contributed by atoms with E-state index < -0.39 is 5.60 Å². The number of nitrogens with zero attached hydrogens (tertiary/aromatic N) is 4. The molecule has 3 N–H and O–H groups in total. The van der Waals surface area contributed by atoms with Gasteiger partial charge in [-0.3, -0.25) is 4.79 Å². The summed E-state index contributed by atoms with van der Waals surface area (Å²) < 4.78 is 5.65. The first kappa shape index (κ1) is 25.4. The van der Waals surface area contributed by atoms with Gasteiger partial charge in [0, 0.05) is 42.4 Å². The Hall–Kier alpha value is -3.24. The van der Waals surface area contributed by atoms with Gasteiger partial charge in [0.25, 0.3) is 5.91 Å². The summed E-state index contributed by atoms with van der Waals surface area (Å²) in [7, 11) is 0. The first-order valence-electron chi connectivity index (χ1n) is 13.1. The summed E-state index contributed by atoms with van der Waals surface area (Å²) in [6, 6.07) is 7.77. The number of nitrogens with one attached hydrogen (secondary N) is 2. The van der Waals surface area contributed by atoms with Crippen LogP contribution in [-0.2, 0) is 22.5 Å². The van der Waals surface area contributed by atoms with Gasteiger partial charge in [-0.15, -0.1) is 0 Å². The van der Waals surface area contributed by atoms with Crippen LogP contribution in [0.25, 0.3) is 11.4 Å². The SMILES string of the molecule is CC1COCCN1c1nc(-c2ccc(NC(=O)NC3CCC3)cc2)nc2c1CN(C(=O)C(C)(C)O)CC2. The van der Waals surface area contributed by atoms with E-state index in [1.54, 1.807) is 4.90 Å². The Morgan fingerprint density at radius 2 is 1.89 bits per heavy atom. The zero-order chi connectivity index (χ0) is 26.2. The third kappa shape index (κ3) is 5.55. The molecule has 10 nitrogen and oxygen atoms in total. The highest BCUT2D eigenvalue weighted by Gasteiger charge is 2.35. The Morgan fingerprint density at radius 3 is 2.54 bits per heavy atom. The molecule has 1 aliphatic carbocycles. The normalized spacial score (nSPS) is 20.2. The summed E-state index contributed by atoms with van der Waals surface area (Å²) in [5.41, 5.74) is 1.97. The quantitative estimate of drug-likeness (QED) is 0.568. The van der Waals surface area contributed by atoms with Gasteiger partial charge in [-0.05, 0) is 64.3 Å². The molecule has 0 bridgehead atoms. The number of morpholine rings is 1. The highest BCUT2D eigenvalue weighted by molar-refractivity contribution is 5.89. The molecule has 1 aromatic carbocycles. The number of urea groups is 1. The number of ether oxygens (including phenoxy) is 1. The van der Waals surface area contributed by atoms with Crippen LogP contribution in [0.15, 0.2) is 24.3 Å². The minimum atomic E-state index is -1.44. The van der Waals surface area contributed by atoms with Crippen molar-refractivity contribution < 1.29 is 19.4 Å². The van der Waals surface area contributed by atoms with Gasteiger partial charge in [0.1, 0.15) is 11.4 Å². The van der Waals surface area contributed by atoms with Crippen LogP contribution in [0.5, 0.6) is 0 Å². The molecule has 0 radical (unpaired) electrons. The molecule has 5 rings (SSSR count). The third-order valence-corrected chi connectivity index (χ3v) is 7.33. The smallest absolute Gasteiger partial charge is 0.319 e. The maximum absolute atomic E-state index is 12.8. The summed E-state index contributed by atoms with van der Waals surface area (Å²) >= 11 is 0. The molecule has 10 heteroatoms. The van der Waals surface area contributed by atoms with Crippen LogP contribution in [0.4, 0.5) is 16.3 Å². The van der Waals surface area contributed by atoms with Crippen molar-refractivity contribution in [3.05, 3.63) is 35.5 Å². The van der Waals surface area contributed by atoms with Gasteiger partial charge in [-0.1, -0.05) is 0 Å². The molecule has 2 aromatic rings. The number of anilines is 2. The van der Waals surface area contributed by atoms with Crippen molar-refractivity contribution in [2.75, 3.05) is 36.5 Å². The second kappa shape index (κ2) is 10.3. The number of carbonyl (C=O) groups is 2. The van der Waals surface area contributed by atoms with Crippen molar-refractivity contribution in [2.24, 2.45) is 0 Å². The van der Waals surface area contributed by atoms with Crippen molar-refractivity contribution in [3.63, 3.8) is 0 Å². The molecule has 2 fully saturated rings. The van der Waals surface area contributed by atoms with Crippen LogP contribution in [-0.4, -0.2) is 75.9 Å². The van der Waals surface area contributed by atoms with E-state index in [2.05, 4.69) is 22.5 Å². The van der Waals surface area contributed by atoms with Gasteiger partial charge in [0.2, 0.25) is 0 Å². The average molecular weight is 509 g/mol. The number of aliphatic hydroxyl groups is 1. The summed E-state index contributed by atoms with van der Waals surface area (Å²) in [5.74, 6) is 1.12. The minimum Gasteiger partial charge on any atom is -0.381 e. The summed E-state index contributed by atoms with van der Waals surface area (Å²) in [6.07, 6.45) is 3.82. The number of hydrogen-bond donors (Lipinski definition) is 3. The first-order valence-corrected chi connectivity index (χ1v) is 13.1. The molecule has 1 aromatic heterocycles. The molecule has 3 heterocycles. The standard InChI is InChI=1S/C27H36N6O4/c1-17-16-37-14-13-33(17)24-21-15-32(25(34)27(2,3)36)12-11-22(21)30-23(31-24)18-7-9-20(10-8-18)29-26(35)28-19-5-4-6-19/h7-10,17,19,36H,4-6,11-16H2,1-3H3,(H2,28,29,35). The monoisotopic (exact) mass is 508 g/mol. The number of amides is 3. The molecule has 1 atom stereocenters. The molecule has 37 heavy (non-hydrogen) atoms. The zero-order valence-corrected chi connectivity index (χ0v) is 21.8. The van der Waals surface area contributed by atoms with Crippen LogP contribution in [0.1, 0.15) is 51.3 Å². The Labute approximate surface area is 217 Å². The lowest BCUT2D eigenvalue weighted by molar-refractivity contribution is -0.148. The van der Waals surface area contributed by atoms with Crippen LogP contribution < -0.4 is 15.5 Å². The molecule has 1 saturated heterocycles. The highest BCUT2D eigenvalue weighted by Crippen LogP contribution is 2.32. The molecule has 198 valence electrons. The van der Waals surface area contributed by atoms with Gasteiger partial charge < -0.3 is 30.3 Å². The molecular weight excluding hydrogens is 472 g/mol. The summed E-state index contributed by atoms with van der Waals surface area (Å²) in [6.45, 7) is 7.89. The van der Waals surface area contributed by atoms with E-state index in [1.807, 2.05) is 24.3 Å². The van der Waals surface area contributed by atoms with Crippen LogP contribution >= 0.6 is 0 Å². The first-order chi connectivity index (χ1) is 17.7. The number of hydrogen-bond acceptors (Lipinski definition) is 7. The molecule has 2 aliphatic heterocycles. The van der Waals surface area contributed by atoms with Crippen LogP contribution in [0.2, 0.25) is 0 Å². The number of fused-ring (bicyclic) bond motifs is 1. The topological polar surface area (TPSA) is 120 Å². The minimum absolute atomic E-state index is 0.127. The van der Waals surface area contributed by atoms with Crippen molar-refractivity contribution >= 4 is 23.4 Å². The average Bonchev–Trinajstić information content (AvgIpc) is 2.85. The molecule has 1 saturated carbocycles. The van der Waals surface area contributed by atoms with Crippen LogP contribution in [0.3, 0.4) is 0 Å². The lowest BCUT2D eigenvalue weighted by Crippen LogP contribution is -2.49. The van der Waals surface area contributed by atoms with E-state index >= 15 is 0 Å². The van der Waals surface area contributed by atoms with E-state index in [1.165, 1.54) is 20.3 Å². The predicted octanol–water partition coefficient (Wildman–Crippen LogP) is 2.70. The van der Waals surface area contributed by atoms with E-state index in [4.69, 9.17) is 14.7 Å². The van der Waals surface area contributed by atoms with Crippen LogP contribution in [0, 0.1) is 0 Å². The summed E-state index contributed by atoms with van der Waals surface area (Å²) in [5, 5.41) is 16.2. The van der Waals surface area contributed by atoms with Gasteiger partial charge in [-0.2, -0.15) is 0 Å². The van der Waals surface area contributed by atoms with Gasteiger partial charge in [0.05, 0.1) is 31.5 Å².